The van der Waals surface area contributed by atoms with Crippen LogP contribution in [0.25, 0.3) is 0 Å². The van der Waals surface area contributed by atoms with E-state index < -0.39 is 0 Å². The van der Waals surface area contributed by atoms with Gasteiger partial charge in [0.25, 0.3) is 0 Å². The van der Waals surface area contributed by atoms with E-state index in [-0.39, 0.29) is 6.29 Å². The van der Waals surface area contributed by atoms with Gasteiger partial charge in [0, 0.05) is 18.3 Å². The van der Waals surface area contributed by atoms with Crippen molar-refractivity contribution in [3.05, 3.63) is 0 Å². The third-order valence-corrected chi connectivity index (χ3v) is 3.48. The van der Waals surface area contributed by atoms with Crippen LogP contribution in [0.15, 0.2) is 0 Å². The molecule has 0 spiro atoms. The van der Waals surface area contributed by atoms with E-state index in [0.717, 1.165) is 26.1 Å². The van der Waals surface area contributed by atoms with Gasteiger partial charge >= 0.3 is 0 Å². The van der Waals surface area contributed by atoms with Gasteiger partial charge in [-0.1, -0.05) is 25.7 Å². The monoisotopic (exact) mass is 222 g/mol. The van der Waals surface area contributed by atoms with Crippen LogP contribution in [0, 0.1) is 23.7 Å². The molecule has 0 amide bonds. The van der Waals surface area contributed by atoms with Crippen molar-refractivity contribution >= 4 is 0 Å². The van der Waals surface area contributed by atoms with Crippen molar-refractivity contribution in [2.75, 3.05) is 13.2 Å². The summed E-state index contributed by atoms with van der Waals surface area (Å²) >= 11 is 0. The average Bonchev–Trinajstić information content (AvgIpc) is 2.83. The number of hydrogen-bond donors (Lipinski definition) is 0. The van der Waals surface area contributed by atoms with Gasteiger partial charge in [-0.3, -0.25) is 0 Å². The molecule has 0 N–H and O–H groups in total. The quantitative estimate of drug-likeness (QED) is 0.669. The summed E-state index contributed by atoms with van der Waals surface area (Å²) in [7, 11) is 0. The summed E-state index contributed by atoms with van der Waals surface area (Å²) in [5.74, 6) is 7.75. The Morgan fingerprint density at radius 3 is 2.62 bits per heavy atom. The minimum absolute atomic E-state index is 0.0289. The molecule has 0 aromatic rings. The normalized spacial score (nSPS) is 31.1. The van der Waals surface area contributed by atoms with Gasteiger partial charge in [-0.05, 0) is 19.3 Å². The molecule has 1 aliphatic heterocycles. The van der Waals surface area contributed by atoms with Crippen molar-refractivity contribution in [1.82, 2.24) is 0 Å². The molecule has 2 rings (SSSR count). The van der Waals surface area contributed by atoms with E-state index in [0.29, 0.717) is 11.8 Å². The van der Waals surface area contributed by atoms with Crippen LogP contribution in [0.1, 0.15) is 45.4 Å². The fraction of sp³-hybridized carbons (Fsp3) is 0.857. The summed E-state index contributed by atoms with van der Waals surface area (Å²) in [5, 5.41) is 0. The number of unbranched alkanes of at least 4 members (excludes halogenated alkanes) is 1. The van der Waals surface area contributed by atoms with Gasteiger partial charge in [0.15, 0.2) is 6.29 Å². The highest BCUT2D eigenvalue weighted by Gasteiger charge is 2.34. The summed E-state index contributed by atoms with van der Waals surface area (Å²) in [6, 6.07) is 0. The molecule has 1 saturated carbocycles. The van der Waals surface area contributed by atoms with Gasteiger partial charge in [-0.2, -0.15) is 0 Å². The predicted octanol–water partition coefficient (Wildman–Crippen LogP) is 2.97. The maximum atomic E-state index is 5.64. The van der Waals surface area contributed by atoms with Gasteiger partial charge in [-0.25, -0.2) is 0 Å². The summed E-state index contributed by atoms with van der Waals surface area (Å²) < 4.78 is 11.3. The zero-order valence-corrected chi connectivity index (χ0v) is 10.2. The Morgan fingerprint density at radius 1 is 1.12 bits per heavy atom. The zero-order chi connectivity index (χ0) is 11.2. The third kappa shape index (κ3) is 2.99. The Kier molecular flexibility index (Phi) is 4.69. The molecule has 1 heterocycles. The van der Waals surface area contributed by atoms with Crippen molar-refractivity contribution in [2.24, 2.45) is 11.8 Å². The molecular formula is C14H22O2. The van der Waals surface area contributed by atoms with Crippen LogP contribution < -0.4 is 0 Å². The van der Waals surface area contributed by atoms with E-state index in [2.05, 4.69) is 18.8 Å². The van der Waals surface area contributed by atoms with Crippen molar-refractivity contribution in [3.8, 4) is 11.8 Å². The molecule has 1 saturated heterocycles. The van der Waals surface area contributed by atoms with Crippen molar-refractivity contribution < 1.29 is 9.47 Å². The Bertz CT molecular complexity index is 258. The van der Waals surface area contributed by atoms with E-state index in [1.54, 1.807) is 0 Å². The summed E-state index contributed by atoms with van der Waals surface area (Å²) in [6.45, 7) is 3.70. The predicted molar refractivity (Wildman–Crippen MR) is 63.8 cm³/mol. The molecular weight excluding hydrogens is 200 g/mol. The second-order valence-electron chi connectivity index (χ2n) is 4.74. The molecule has 2 heteroatoms. The highest BCUT2D eigenvalue weighted by atomic mass is 16.7. The molecule has 2 aliphatic rings. The Balaban J connectivity index is 1.94. The summed E-state index contributed by atoms with van der Waals surface area (Å²) in [4.78, 5) is 0. The van der Waals surface area contributed by atoms with E-state index in [9.17, 15) is 0 Å². The van der Waals surface area contributed by atoms with Crippen LogP contribution in [-0.4, -0.2) is 19.5 Å². The molecule has 16 heavy (non-hydrogen) atoms. The van der Waals surface area contributed by atoms with Crippen LogP contribution in [0.2, 0.25) is 0 Å². The average molecular weight is 222 g/mol. The van der Waals surface area contributed by atoms with Crippen LogP contribution in [-0.2, 0) is 9.47 Å². The van der Waals surface area contributed by atoms with Gasteiger partial charge in [-0.15, -0.1) is 5.92 Å². The van der Waals surface area contributed by atoms with Gasteiger partial charge in [0.05, 0.1) is 13.2 Å². The maximum Gasteiger partial charge on any atom is 0.161 e. The van der Waals surface area contributed by atoms with E-state index in [1.165, 1.54) is 25.7 Å². The first-order valence-corrected chi connectivity index (χ1v) is 6.63. The van der Waals surface area contributed by atoms with Crippen molar-refractivity contribution in [3.63, 3.8) is 0 Å². The first-order valence-electron chi connectivity index (χ1n) is 6.63. The second kappa shape index (κ2) is 6.27. The standard InChI is InChI=1S/C14H22O2/c1-2-3-4-7-12-8-5-6-9-13(12)14-15-10-11-16-14/h12-14H,2-3,5-6,8-11H2,1H3/t12-,13-/m1/s1. The first-order chi connectivity index (χ1) is 7.92. The molecule has 1 aliphatic carbocycles. The van der Waals surface area contributed by atoms with E-state index in [4.69, 9.17) is 9.47 Å². The largest absolute Gasteiger partial charge is 0.350 e. The third-order valence-electron chi connectivity index (χ3n) is 3.48. The molecule has 0 aromatic carbocycles. The lowest BCUT2D eigenvalue weighted by atomic mass is 9.79. The minimum Gasteiger partial charge on any atom is -0.350 e. The SMILES string of the molecule is CCCC#C[C@@H]1CCCC[C@H]1C1OCCO1. The van der Waals surface area contributed by atoms with Crippen LogP contribution in [0.4, 0.5) is 0 Å². The van der Waals surface area contributed by atoms with Crippen LogP contribution in [0.3, 0.4) is 0 Å². The minimum atomic E-state index is 0.0289. The van der Waals surface area contributed by atoms with Crippen molar-refractivity contribution in [1.29, 1.82) is 0 Å². The fourth-order valence-electron chi connectivity index (χ4n) is 2.62. The van der Waals surface area contributed by atoms with E-state index in [1.807, 2.05) is 0 Å². The first kappa shape index (κ1) is 12.0. The molecule has 2 nitrogen and oxygen atoms in total. The molecule has 0 bridgehead atoms. The number of ether oxygens (including phenoxy) is 2. The van der Waals surface area contributed by atoms with E-state index >= 15 is 0 Å². The molecule has 0 radical (unpaired) electrons. The van der Waals surface area contributed by atoms with Gasteiger partial charge in [0.2, 0.25) is 0 Å². The molecule has 0 aromatic heterocycles. The smallest absolute Gasteiger partial charge is 0.161 e. The Hall–Kier alpha value is -0.520. The molecule has 2 atom stereocenters. The van der Waals surface area contributed by atoms with Crippen LogP contribution in [0.5, 0.6) is 0 Å². The number of rotatable bonds is 2. The zero-order valence-electron chi connectivity index (χ0n) is 10.2. The lowest BCUT2D eigenvalue weighted by Gasteiger charge is -2.31. The van der Waals surface area contributed by atoms with Crippen LogP contribution >= 0.6 is 0 Å². The highest BCUT2D eigenvalue weighted by molar-refractivity contribution is 5.07. The topological polar surface area (TPSA) is 18.5 Å². The number of hydrogen-bond acceptors (Lipinski definition) is 2. The summed E-state index contributed by atoms with van der Waals surface area (Å²) in [5.41, 5.74) is 0. The molecule has 2 fully saturated rings. The molecule has 90 valence electrons. The molecule has 0 unspecified atom stereocenters. The lowest BCUT2D eigenvalue weighted by Crippen LogP contribution is -2.30. The Morgan fingerprint density at radius 2 is 1.88 bits per heavy atom. The maximum absolute atomic E-state index is 5.64. The Labute approximate surface area is 98.7 Å². The lowest BCUT2D eigenvalue weighted by molar-refractivity contribution is -0.101. The van der Waals surface area contributed by atoms with Gasteiger partial charge < -0.3 is 9.47 Å². The highest BCUT2D eigenvalue weighted by Crippen LogP contribution is 2.34. The van der Waals surface area contributed by atoms with Crippen molar-refractivity contribution in [2.45, 2.75) is 51.7 Å². The van der Waals surface area contributed by atoms with Gasteiger partial charge in [0.1, 0.15) is 0 Å². The fourth-order valence-corrected chi connectivity index (χ4v) is 2.62. The second-order valence-corrected chi connectivity index (χ2v) is 4.74. The summed E-state index contributed by atoms with van der Waals surface area (Å²) in [6.07, 6.45) is 7.27.